The number of carbonyl (C=O) groups is 3. The van der Waals surface area contributed by atoms with E-state index in [1.165, 1.54) is 0 Å². The van der Waals surface area contributed by atoms with Gasteiger partial charge in [-0.15, -0.1) is 0 Å². The number of nitriles is 1. The normalized spacial score (nSPS) is 30.2. The predicted octanol–water partition coefficient (Wildman–Crippen LogP) is 3.40. The molecule has 35 heavy (non-hydrogen) atoms. The molecule has 0 unspecified atom stereocenters. The van der Waals surface area contributed by atoms with Crippen molar-refractivity contribution in [3.8, 4) is 11.8 Å². The van der Waals surface area contributed by atoms with Crippen molar-refractivity contribution in [3.63, 3.8) is 0 Å². The number of rotatable bonds is 7. The first-order valence-corrected chi connectivity index (χ1v) is 12.9. The van der Waals surface area contributed by atoms with E-state index in [1.807, 2.05) is 31.2 Å². The fourth-order valence-corrected chi connectivity index (χ4v) is 6.49. The molecule has 3 aliphatic carbocycles. The van der Waals surface area contributed by atoms with Crippen LogP contribution >= 0.6 is 0 Å². The lowest BCUT2D eigenvalue weighted by Gasteiger charge is -2.32. The van der Waals surface area contributed by atoms with Gasteiger partial charge in [0.25, 0.3) is 5.91 Å². The zero-order chi connectivity index (χ0) is 25.0. The van der Waals surface area contributed by atoms with Crippen molar-refractivity contribution in [2.45, 2.75) is 71.4 Å². The Labute approximate surface area is 207 Å². The first kappa shape index (κ1) is 23.8. The summed E-state index contributed by atoms with van der Waals surface area (Å²) in [6.45, 7) is 6.63. The summed E-state index contributed by atoms with van der Waals surface area (Å²) in [5.74, 6) is 0.495. The lowest BCUT2D eigenvalue weighted by Crippen LogP contribution is -2.53. The average molecular weight is 478 g/mol. The van der Waals surface area contributed by atoms with Crippen molar-refractivity contribution in [2.24, 2.45) is 28.6 Å². The number of Topliss-reactive ketones (excluding diaryl/α,β-unsaturated/α-hetero) is 1. The molecule has 1 heterocycles. The number of likely N-dealkylation sites (tertiary alicyclic amines) is 1. The maximum Gasteiger partial charge on any atom is 0.261 e. The lowest BCUT2D eigenvalue weighted by molar-refractivity contribution is -0.142. The molecule has 1 spiro atoms. The van der Waals surface area contributed by atoms with Gasteiger partial charge < -0.3 is 15.0 Å². The number of carbonyl (C=O) groups excluding carboxylic acids is 3. The van der Waals surface area contributed by atoms with Crippen LogP contribution in [0.25, 0.3) is 0 Å². The predicted molar refractivity (Wildman–Crippen MR) is 129 cm³/mol. The van der Waals surface area contributed by atoms with Crippen LogP contribution in [0.4, 0.5) is 0 Å². The molecule has 1 aromatic rings. The van der Waals surface area contributed by atoms with Crippen molar-refractivity contribution in [1.82, 2.24) is 10.2 Å². The number of fused-ring (bicyclic) bond motifs is 1. The zero-order valence-electron chi connectivity index (χ0n) is 20.9. The average Bonchev–Trinajstić information content (AvgIpc) is 3.61. The fourth-order valence-electron chi connectivity index (χ4n) is 6.49. The summed E-state index contributed by atoms with van der Waals surface area (Å²) in [7, 11) is 0. The molecule has 5 rings (SSSR count). The Hall–Kier alpha value is -2.88. The van der Waals surface area contributed by atoms with Gasteiger partial charge >= 0.3 is 0 Å². The van der Waals surface area contributed by atoms with Gasteiger partial charge in [-0.3, -0.25) is 14.4 Å². The summed E-state index contributed by atoms with van der Waals surface area (Å²) >= 11 is 0. The third-order valence-corrected chi connectivity index (χ3v) is 9.16. The molecule has 2 amide bonds. The Morgan fingerprint density at radius 3 is 2.57 bits per heavy atom. The molecule has 1 aromatic carbocycles. The van der Waals surface area contributed by atoms with Crippen LogP contribution in [0.2, 0.25) is 0 Å². The molecule has 4 aliphatic rings. The number of nitrogens with one attached hydrogen (secondary N) is 1. The molecule has 7 heteroatoms. The van der Waals surface area contributed by atoms with E-state index >= 15 is 0 Å². The summed E-state index contributed by atoms with van der Waals surface area (Å²) in [5.41, 5.74) is 1.34. The molecule has 186 valence electrons. The highest BCUT2D eigenvalue weighted by Crippen LogP contribution is 2.64. The van der Waals surface area contributed by atoms with Gasteiger partial charge in [-0.1, -0.05) is 31.5 Å². The maximum atomic E-state index is 13.4. The quantitative estimate of drug-likeness (QED) is 0.649. The first-order chi connectivity index (χ1) is 16.6. The van der Waals surface area contributed by atoms with Gasteiger partial charge in [-0.2, -0.15) is 5.26 Å². The smallest absolute Gasteiger partial charge is 0.261 e. The van der Waals surface area contributed by atoms with E-state index in [9.17, 15) is 19.6 Å². The highest BCUT2D eigenvalue weighted by molar-refractivity contribution is 5.90. The first-order valence-electron chi connectivity index (χ1n) is 12.9. The number of piperidine rings is 1. The van der Waals surface area contributed by atoms with E-state index in [1.54, 1.807) is 4.90 Å². The lowest BCUT2D eigenvalue weighted by atomic mass is 9.76. The fraction of sp³-hybridized carbons (Fsp3) is 0.643. The van der Waals surface area contributed by atoms with Gasteiger partial charge in [-0.25, -0.2) is 0 Å². The van der Waals surface area contributed by atoms with Crippen LogP contribution in [0, 0.1) is 46.8 Å². The highest BCUT2D eigenvalue weighted by atomic mass is 16.5. The summed E-state index contributed by atoms with van der Waals surface area (Å²) in [6, 6.07) is 8.35. The number of ether oxygens (including phenoxy) is 1. The Morgan fingerprint density at radius 1 is 1.23 bits per heavy atom. The number of nitrogens with zero attached hydrogens (tertiary/aromatic N) is 2. The van der Waals surface area contributed by atoms with Gasteiger partial charge in [0.15, 0.2) is 6.61 Å². The van der Waals surface area contributed by atoms with E-state index in [-0.39, 0.29) is 52.8 Å². The molecular formula is C28H35N3O4. The molecule has 1 saturated heterocycles. The van der Waals surface area contributed by atoms with E-state index in [0.717, 1.165) is 31.2 Å². The van der Waals surface area contributed by atoms with Crippen molar-refractivity contribution < 1.29 is 19.1 Å². The monoisotopic (exact) mass is 477 g/mol. The van der Waals surface area contributed by atoms with Crippen LogP contribution in [0.15, 0.2) is 24.3 Å². The Kier molecular flexibility index (Phi) is 5.89. The molecule has 4 fully saturated rings. The van der Waals surface area contributed by atoms with Crippen LogP contribution in [0.5, 0.6) is 5.75 Å². The number of amides is 2. The van der Waals surface area contributed by atoms with Gasteiger partial charge in [0.1, 0.15) is 23.6 Å². The summed E-state index contributed by atoms with van der Waals surface area (Å²) in [4.78, 5) is 40.8. The molecule has 0 radical (unpaired) electrons. The summed E-state index contributed by atoms with van der Waals surface area (Å²) < 4.78 is 5.69. The zero-order valence-corrected chi connectivity index (χ0v) is 20.9. The minimum absolute atomic E-state index is 0.0172. The highest BCUT2D eigenvalue weighted by Gasteiger charge is 2.69. The van der Waals surface area contributed by atoms with E-state index in [0.29, 0.717) is 25.1 Å². The van der Waals surface area contributed by atoms with Gasteiger partial charge in [0.05, 0.1) is 6.07 Å². The second-order valence-electron chi connectivity index (χ2n) is 11.9. The van der Waals surface area contributed by atoms with Crippen LogP contribution in [-0.4, -0.2) is 47.7 Å². The maximum absolute atomic E-state index is 13.4. The number of hydrogen-bond donors (Lipinski definition) is 1. The van der Waals surface area contributed by atoms with Crippen LogP contribution < -0.4 is 10.1 Å². The third kappa shape index (κ3) is 4.55. The Balaban J connectivity index is 1.21. The molecule has 0 bridgehead atoms. The summed E-state index contributed by atoms with van der Waals surface area (Å²) in [5, 5.41) is 12.6. The third-order valence-electron chi connectivity index (χ3n) is 9.16. The van der Waals surface area contributed by atoms with Gasteiger partial charge in [-0.05, 0) is 73.8 Å². The van der Waals surface area contributed by atoms with Crippen molar-refractivity contribution in [2.75, 3.05) is 13.2 Å². The molecule has 7 nitrogen and oxygen atoms in total. The van der Waals surface area contributed by atoms with Crippen molar-refractivity contribution >= 4 is 17.6 Å². The topological polar surface area (TPSA) is 99.5 Å². The molecule has 5 atom stereocenters. The molecular weight excluding hydrogens is 442 g/mol. The largest absolute Gasteiger partial charge is 0.484 e. The molecule has 3 saturated carbocycles. The molecule has 1 aliphatic heterocycles. The second-order valence-corrected chi connectivity index (χ2v) is 11.9. The SMILES string of the molecule is Cc1ccc(OCC(=O)N2C[C@H]3[C@@H]([C@H]2C(=O)N[C@H](C#N)C[C@@H]2CCC4(CC4)CC2=O)C3(C)C)cc1. The number of aryl methyl sites for hydroxylation is 1. The summed E-state index contributed by atoms with van der Waals surface area (Å²) in [6.07, 6.45) is 5.09. The minimum atomic E-state index is -0.730. The van der Waals surface area contributed by atoms with Gasteiger partial charge in [0, 0.05) is 18.9 Å². The van der Waals surface area contributed by atoms with E-state index in [4.69, 9.17) is 4.74 Å². The second kappa shape index (κ2) is 8.65. The number of hydrogen-bond acceptors (Lipinski definition) is 5. The standard InChI is InChI=1S/C28H35N3O4/c1-17-4-6-20(7-5-17)35-16-23(33)31-15-21-24(27(21,2)3)25(31)26(34)30-19(14-29)12-18-8-9-28(10-11-28)13-22(18)32/h4-7,18-19,21,24-25H,8-13,15-16H2,1-3H3,(H,30,34)/t18-,19-,21-,24-,25-/m0/s1. The van der Waals surface area contributed by atoms with Crippen LogP contribution in [-0.2, 0) is 14.4 Å². The Bertz CT molecular complexity index is 1070. The Morgan fingerprint density at radius 2 is 1.94 bits per heavy atom. The molecule has 1 N–H and O–H groups in total. The molecule has 0 aromatic heterocycles. The number of benzene rings is 1. The minimum Gasteiger partial charge on any atom is -0.484 e. The van der Waals surface area contributed by atoms with Crippen molar-refractivity contribution in [3.05, 3.63) is 29.8 Å². The van der Waals surface area contributed by atoms with Gasteiger partial charge in [0.2, 0.25) is 5.91 Å². The van der Waals surface area contributed by atoms with Crippen molar-refractivity contribution in [1.29, 1.82) is 5.26 Å². The van der Waals surface area contributed by atoms with E-state index < -0.39 is 12.1 Å². The van der Waals surface area contributed by atoms with Crippen LogP contribution in [0.3, 0.4) is 0 Å². The van der Waals surface area contributed by atoms with E-state index in [2.05, 4.69) is 25.2 Å². The van der Waals surface area contributed by atoms with Crippen LogP contribution in [0.1, 0.15) is 57.9 Å². The number of ketones is 1.